The molecule has 3 aromatic rings. The van der Waals surface area contributed by atoms with Gasteiger partial charge < -0.3 is 0 Å². The van der Waals surface area contributed by atoms with E-state index in [0.29, 0.717) is 11.1 Å². The van der Waals surface area contributed by atoms with Gasteiger partial charge in [0.25, 0.3) is 5.56 Å². The van der Waals surface area contributed by atoms with Crippen molar-refractivity contribution in [2.75, 3.05) is 0 Å². The van der Waals surface area contributed by atoms with E-state index in [1.165, 1.54) is 0 Å². The summed E-state index contributed by atoms with van der Waals surface area (Å²) in [5.41, 5.74) is 3.53. The highest BCUT2D eigenvalue weighted by Crippen LogP contribution is 2.22. The third-order valence-electron chi connectivity index (χ3n) is 3.87. The van der Waals surface area contributed by atoms with E-state index in [1.807, 2.05) is 55.1 Å². The van der Waals surface area contributed by atoms with E-state index in [0.717, 1.165) is 23.2 Å². The van der Waals surface area contributed by atoms with Crippen LogP contribution in [0.3, 0.4) is 0 Å². The minimum atomic E-state index is -0.0887. The van der Waals surface area contributed by atoms with Gasteiger partial charge in [0.15, 0.2) is 0 Å². The molecule has 22 heavy (non-hydrogen) atoms. The molecule has 0 unspecified atom stereocenters. The fraction of sp³-hybridized carbons (Fsp3) is 0.111. The zero-order chi connectivity index (χ0) is 15.7. The summed E-state index contributed by atoms with van der Waals surface area (Å²) in [4.78, 5) is 23.8. The molecule has 0 atom stereocenters. The van der Waals surface area contributed by atoms with Crippen molar-refractivity contribution in [1.29, 1.82) is 0 Å². The molecule has 0 aliphatic carbocycles. The van der Waals surface area contributed by atoms with Gasteiger partial charge in [-0.2, -0.15) is 0 Å². The number of para-hydroxylation sites is 1. The molecule has 0 aliphatic rings. The van der Waals surface area contributed by atoms with Gasteiger partial charge in [-0.05, 0) is 30.7 Å². The molecule has 2 aromatic carbocycles. The van der Waals surface area contributed by atoms with Crippen LogP contribution in [0.15, 0.2) is 59.4 Å². The van der Waals surface area contributed by atoms with E-state index >= 15 is 0 Å². The van der Waals surface area contributed by atoms with Crippen molar-refractivity contribution in [3.8, 4) is 16.8 Å². The Hall–Kier alpha value is -2.88. The smallest absolute Gasteiger partial charge is 0.279 e. The summed E-state index contributed by atoms with van der Waals surface area (Å²) in [6.07, 6.45) is 0.789. The first-order chi connectivity index (χ1) is 10.6. The first-order valence-corrected chi connectivity index (χ1v) is 7.03. The van der Waals surface area contributed by atoms with Crippen molar-refractivity contribution < 1.29 is 4.79 Å². The molecule has 0 amide bonds. The molecule has 0 bridgehead atoms. The Labute approximate surface area is 128 Å². The molecule has 0 aliphatic heterocycles. The van der Waals surface area contributed by atoms with Gasteiger partial charge in [-0.3, -0.25) is 14.3 Å². The highest BCUT2D eigenvalue weighted by molar-refractivity contribution is 5.79. The Kier molecular flexibility index (Phi) is 3.51. The second-order valence-electron chi connectivity index (χ2n) is 5.18. The second kappa shape index (κ2) is 5.48. The van der Waals surface area contributed by atoms with Gasteiger partial charge in [-0.15, -0.1) is 0 Å². The molecule has 110 valence electrons. The van der Waals surface area contributed by atoms with Crippen LogP contribution in [0.4, 0.5) is 0 Å². The lowest BCUT2D eigenvalue weighted by Gasteiger charge is -2.07. The van der Waals surface area contributed by atoms with Crippen LogP contribution in [0.25, 0.3) is 16.8 Å². The number of rotatable bonds is 3. The number of carbonyl (C=O) groups excluding carboxylic acids is 1. The molecule has 4 heteroatoms. The van der Waals surface area contributed by atoms with Crippen molar-refractivity contribution >= 4 is 6.29 Å². The van der Waals surface area contributed by atoms with Gasteiger partial charge in [0.2, 0.25) is 0 Å². The third kappa shape index (κ3) is 2.19. The SMILES string of the molecule is Cc1c(-c2cccc(C=O)c2)c(=O)n(-c2ccccc2)n1C. The topological polar surface area (TPSA) is 44.0 Å². The van der Waals surface area contributed by atoms with Crippen LogP contribution in [-0.4, -0.2) is 15.6 Å². The normalized spacial score (nSPS) is 10.6. The number of aromatic nitrogens is 2. The Morgan fingerprint density at radius 3 is 2.41 bits per heavy atom. The van der Waals surface area contributed by atoms with Crippen LogP contribution in [0, 0.1) is 6.92 Å². The quantitative estimate of drug-likeness (QED) is 0.697. The van der Waals surface area contributed by atoms with E-state index < -0.39 is 0 Å². The number of carbonyl (C=O) groups is 1. The lowest BCUT2D eigenvalue weighted by molar-refractivity contribution is 0.112. The van der Waals surface area contributed by atoms with Crippen LogP contribution in [0.1, 0.15) is 16.1 Å². The van der Waals surface area contributed by atoms with Crippen LogP contribution >= 0.6 is 0 Å². The highest BCUT2D eigenvalue weighted by Gasteiger charge is 2.17. The Morgan fingerprint density at radius 2 is 1.73 bits per heavy atom. The number of hydrogen-bond donors (Lipinski definition) is 0. The fourth-order valence-electron chi connectivity index (χ4n) is 2.67. The van der Waals surface area contributed by atoms with Gasteiger partial charge >= 0.3 is 0 Å². The summed E-state index contributed by atoms with van der Waals surface area (Å²) in [6.45, 7) is 1.91. The van der Waals surface area contributed by atoms with Crippen LogP contribution in [0.5, 0.6) is 0 Å². The summed E-state index contributed by atoms with van der Waals surface area (Å²) in [5.74, 6) is 0. The van der Waals surface area contributed by atoms with Crippen LogP contribution in [0.2, 0.25) is 0 Å². The van der Waals surface area contributed by atoms with Crippen molar-refractivity contribution in [1.82, 2.24) is 9.36 Å². The largest absolute Gasteiger partial charge is 0.298 e. The molecular weight excluding hydrogens is 276 g/mol. The Balaban J connectivity index is 2.27. The number of benzene rings is 2. The number of nitrogens with zero attached hydrogens (tertiary/aromatic N) is 2. The van der Waals surface area contributed by atoms with Crippen molar-refractivity contribution in [3.63, 3.8) is 0 Å². The maximum Gasteiger partial charge on any atom is 0.279 e. The summed E-state index contributed by atoms with van der Waals surface area (Å²) in [6, 6.07) is 16.6. The average molecular weight is 292 g/mol. The molecule has 3 rings (SSSR count). The zero-order valence-corrected chi connectivity index (χ0v) is 12.5. The Morgan fingerprint density at radius 1 is 1.00 bits per heavy atom. The van der Waals surface area contributed by atoms with Crippen molar-refractivity contribution in [2.45, 2.75) is 6.92 Å². The van der Waals surface area contributed by atoms with Gasteiger partial charge in [0, 0.05) is 18.3 Å². The molecule has 0 spiro atoms. The molecule has 1 heterocycles. The maximum atomic E-state index is 12.9. The van der Waals surface area contributed by atoms with E-state index in [2.05, 4.69) is 0 Å². The van der Waals surface area contributed by atoms with E-state index in [4.69, 9.17) is 0 Å². The monoisotopic (exact) mass is 292 g/mol. The number of hydrogen-bond acceptors (Lipinski definition) is 2. The maximum absolute atomic E-state index is 12.9. The minimum Gasteiger partial charge on any atom is -0.298 e. The van der Waals surface area contributed by atoms with Crippen molar-refractivity contribution in [2.24, 2.45) is 7.05 Å². The second-order valence-corrected chi connectivity index (χ2v) is 5.18. The van der Waals surface area contributed by atoms with E-state index in [-0.39, 0.29) is 5.56 Å². The first kappa shape index (κ1) is 14.1. The first-order valence-electron chi connectivity index (χ1n) is 7.03. The molecule has 0 radical (unpaired) electrons. The number of aldehydes is 1. The molecule has 4 nitrogen and oxygen atoms in total. The molecule has 1 aromatic heterocycles. The molecule has 0 saturated heterocycles. The Bertz CT molecular complexity index is 889. The van der Waals surface area contributed by atoms with Gasteiger partial charge in [0.1, 0.15) is 6.29 Å². The summed E-state index contributed by atoms with van der Waals surface area (Å²) < 4.78 is 3.47. The van der Waals surface area contributed by atoms with Gasteiger partial charge in [-0.25, -0.2) is 4.68 Å². The molecule has 0 N–H and O–H groups in total. The predicted molar refractivity (Wildman–Crippen MR) is 86.6 cm³/mol. The standard InChI is InChI=1S/C18H16N2O2/c1-13-17(15-8-6-7-14(11-15)12-21)18(22)20(19(13)2)16-9-4-3-5-10-16/h3-12H,1-2H3. The van der Waals surface area contributed by atoms with Crippen LogP contribution < -0.4 is 5.56 Å². The fourth-order valence-corrected chi connectivity index (χ4v) is 2.67. The molecule has 0 fully saturated rings. The lowest BCUT2D eigenvalue weighted by Crippen LogP contribution is -2.20. The average Bonchev–Trinajstić information content (AvgIpc) is 2.78. The predicted octanol–water partition coefficient (Wildman–Crippen LogP) is 2.96. The van der Waals surface area contributed by atoms with E-state index in [1.54, 1.807) is 22.9 Å². The van der Waals surface area contributed by atoms with Gasteiger partial charge in [-0.1, -0.05) is 36.4 Å². The zero-order valence-electron chi connectivity index (χ0n) is 12.5. The summed E-state index contributed by atoms with van der Waals surface area (Å²) in [7, 11) is 1.86. The minimum absolute atomic E-state index is 0.0887. The van der Waals surface area contributed by atoms with Crippen molar-refractivity contribution in [3.05, 3.63) is 76.2 Å². The lowest BCUT2D eigenvalue weighted by atomic mass is 10.0. The highest BCUT2D eigenvalue weighted by atomic mass is 16.1. The third-order valence-corrected chi connectivity index (χ3v) is 3.87. The van der Waals surface area contributed by atoms with E-state index in [9.17, 15) is 9.59 Å². The molecule has 0 saturated carbocycles. The summed E-state index contributed by atoms with van der Waals surface area (Å²) in [5, 5.41) is 0. The van der Waals surface area contributed by atoms with Gasteiger partial charge in [0.05, 0.1) is 11.3 Å². The molecular formula is C18H16N2O2. The van der Waals surface area contributed by atoms with Crippen LogP contribution in [-0.2, 0) is 7.05 Å². The summed E-state index contributed by atoms with van der Waals surface area (Å²) >= 11 is 0.